The Morgan fingerprint density at radius 1 is 0.852 bits per heavy atom. The molecule has 27 heavy (non-hydrogen) atoms. The molecule has 0 atom stereocenters. The van der Waals surface area contributed by atoms with E-state index in [1.54, 1.807) is 12.1 Å². The van der Waals surface area contributed by atoms with Gasteiger partial charge in [0.2, 0.25) is 0 Å². The second-order valence-electron chi connectivity index (χ2n) is 7.48. The van der Waals surface area contributed by atoms with Crippen molar-refractivity contribution in [3.8, 4) is 0 Å². The SMILES string of the molecule is Cc1ccc(C(=O)NCCNC(=O)NCC(C)(C)c2cccc(C)c2)cc1. The van der Waals surface area contributed by atoms with Crippen molar-refractivity contribution in [2.75, 3.05) is 19.6 Å². The van der Waals surface area contributed by atoms with Gasteiger partial charge < -0.3 is 16.0 Å². The van der Waals surface area contributed by atoms with Crippen LogP contribution in [0.3, 0.4) is 0 Å². The molecule has 0 aliphatic rings. The van der Waals surface area contributed by atoms with Gasteiger partial charge in [-0.3, -0.25) is 4.79 Å². The lowest BCUT2D eigenvalue weighted by atomic mass is 9.84. The quantitative estimate of drug-likeness (QED) is 0.657. The molecule has 0 aliphatic carbocycles. The lowest BCUT2D eigenvalue weighted by Crippen LogP contribution is -2.44. The summed E-state index contributed by atoms with van der Waals surface area (Å²) in [6, 6.07) is 15.4. The molecule has 5 nitrogen and oxygen atoms in total. The molecule has 0 fully saturated rings. The van der Waals surface area contributed by atoms with Crippen LogP contribution in [0.4, 0.5) is 4.79 Å². The van der Waals surface area contributed by atoms with E-state index in [2.05, 4.69) is 54.9 Å². The number of carbonyl (C=O) groups is 2. The first-order valence-corrected chi connectivity index (χ1v) is 9.22. The Morgan fingerprint density at radius 3 is 2.19 bits per heavy atom. The third-order valence-electron chi connectivity index (χ3n) is 4.50. The van der Waals surface area contributed by atoms with E-state index in [0.717, 1.165) is 5.56 Å². The molecule has 0 aliphatic heterocycles. The summed E-state index contributed by atoms with van der Waals surface area (Å²) in [7, 11) is 0. The molecule has 0 unspecified atom stereocenters. The molecule has 0 saturated heterocycles. The number of carbonyl (C=O) groups excluding carboxylic acids is 2. The molecule has 3 N–H and O–H groups in total. The highest BCUT2D eigenvalue weighted by Gasteiger charge is 2.21. The van der Waals surface area contributed by atoms with Crippen molar-refractivity contribution in [1.82, 2.24) is 16.0 Å². The van der Waals surface area contributed by atoms with E-state index in [9.17, 15) is 9.59 Å². The van der Waals surface area contributed by atoms with E-state index < -0.39 is 0 Å². The summed E-state index contributed by atoms with van der Waals surface area (Å²) < 4.78 is 0. The Hall–Kier alpha value is -2.82. The maximum absolute atomic E-state index is 12.0. The number of benzene rings is 2. The van der Waals surface area contributed by atoms with E-state index in [4.69, 9.17) is 0 Å². The van der Waals surface area contributed by atoms with Gasteiger partial charge in [0.05, 0.1) is 0 Å². The Kier molecular flexibility index (Phi) is 6.99. The molecule has 0 aromatic heterocycles. The molecular weight excluding hydrogens is 338 g/mol. The fourth-order valence-electron chi connectivity index (χ4n) is 2.69. The summed E-state index contributed by atoms with van der Waals surface area (Å²) in [5.74, 6) is -0.141. The summed E-state index contributed by atoms with van der Waals surface area (Å²) >= 11 is 0. The molecule has 2 rings (SSSR count). The summed E-state index contributed by atoms with van der Waals surface area (Å²) in [5, 5.41) is 8.47. The minimum absolute atomic E-state index is 0.141. The molecule has 0 saturated carbocycles. The van der Waals surface area contributed by atoms with Crippen molar-refractivity contribution in [2.45, 2.75) is 33.1 Å². The van der Waals surface area contributed by atoms with Crippen LogP contribution in [0, 0.1) is 13.8 Å². The van der Waals surface area contributed by atoms with Gasteiger partial charge in [-0.25, -0.2) is 4.79 Å². The van der Waals surface area contributed by atoms with Crippen molar-refractivity contribution in [2.24, 2.45) is 0 Å². The van der Waals surface area contributed by atoms with Crippen LogP contribution in [0.25, 0.3) is 0 Å². The monoisotopic (exact) mass is 367 g/mol. The van der Waals surface area contributed by atoms with Crippen LogP contribution >= 0.6 is 0 Å². The van der Waals surface area contributed by atoms with Gasteiger partial charge in [-0.1, -0.05) is 61.4 Å². The fourth-order valence-corrected chi connectivity index (χ4v) is 2.69. The second kappa shape index (κ2) is 9.21. The van der Waals surface area contributed by atoms with Gasteiger partial charge in [0.1, 0.15) is 0 Å². The van der Waals surface area contributed by atoms with Gasteiger partial charge in [-0.2, -0.15) is 0 Å². The maximum Gasteiger partial charge on any atom is 0.314 e. The zero-order chi connectivity index (χ0) is 19.9. The van der Waals surface area contributed by atoms with Crippen LogP contribution in [0.15, 0.2) is 48.5 Å². The van der Waals surface area contributed by atoms with E-state index in [-0.39, 0.29) is 17.4 Å². The van der Waals surface area contributed by atoms with Gasteiger partial charge in [-0.15, -0.1) is 0 Å². The first-order chi connectivity index (χ1) is 12.8. The van der Waals surface area contributed by atoms with Crippen LogP contribution < -0.4 is 16.0 Å². The van der Waals surface area contributed by atoms with Crippen LogP contribution in [-0.2, 0) is 5.41 Å². The third-order valence-corrected chi connectivity index (χ3v) is 4.50. The van der Waals surface area contributed by atoms with E-state index in [0.29, 0.717) is 25.2 Å². The highest BCUT2D eigenvalue weighted by Crippen LogP contribution is 2.22. The summed E-state index contributed by atoms with van der Waals surface area (Å²) in [4.78, 5) is 24.0. The summed E-state index contributed by atoms with van der Waals surface area (Å²) in [5.41, 5.74) is 3.95. The number of rotatable bonds is 7. The van der Waals surface area contributed by atoms with Crippen molar-refractivity contribution in [3.05, 3.63) is 70.8 Å². The van der Waals surface area contributed by atoms with Crippen LogP contribution in [0.1, 0.15) is 40.9 Å². The second-order valence-corrected chi connectivity index (χ2v) is 7.48. The molecular formula is C22H29N3O2. The van der Waals surface area contributed by atoms with Crippen LogP contribution in [0.2, 0.25) is 0 Å². The Balaban J connectivity index is 1.70. The van der Waals surface area contributed by atoms with E-state index >= 15 is 0 Å². The molecule has 0 spiro atoms. The largest absolute Gasteiger partial charge is 0.350 e. The summed E-state index contributed by atoms with van der Waals surface area (Å²) in [6.07, 6.45) is 0. The highest BCUT2D eigenvalue weighted by molar-refractivity contribution is 5.94. The lowest BCUT2D eigenvalue weighted by Gasteiger charge is -2.26. The van der Waals surface area contributed by atoms with Gasteiger partial charge in [0, 0.05) is 30.6 Å². The maximum atomic E-state index is 12.0. The average molecular weight is 367 g/mol. The molecule has 0 bridgehead atoms. The highest BCUT2D eigenvalue weighted by atomic mass is 16.2. The standard InChI is InChI=1S/C22H29N3O2/c1-16-8-10-18(11-9-16)20(26)23-12-13-24-21(27)25-15-22(3,4)19-7-5-6-17(2)14-19/h5-11,14H,12-13,15H2,1-4H3,(H,23,26)(H2,24,25,27). The number of nitrogens with one attached hydrogen (secondary N) is 3. The number of amides is 3. The predicted molar refractivity (Wildman–Crippen MR) is 109 cm³/mol. The zero-order valence-electron chi connectivity index (χ0n) is 16.6. The average Bonchev–Trinajstić information content (AvgIpc) is 2.64. The minimum atomic E-state index is -0.236. The molecule has 2 aromatic carbocycles. The third kappa shape index (κ3) is 6.44. The van der Waals surface area contributed by atoms with Crippen molar-refractivity contribution >= 4 is 11.9 Å². The number of urea groups is 1. The Bertz CT molecular complexity index is 782. The van der Waals surface area contributed by atoms with Crippen LogP contribution in [-0.4, -0.2) is 31.6 Å². The normalized spacial score (nSPS) is 11.0. The summed E-state index contributed by atoms with van der Waals surface area (Å²) in [6.45, 7) is 9.51. The van der Waals surface area contributed by atoms with Crippen molar-refractivity contribution in [1.29, 1.82) is 0 Å². The zero-order valence-corrected chi connectivity index (χ0v) is 16.6. The van der Waals surface area contributed by atoms with Crippen molar-refractivity contribution in [3.63, 3.8) is 0 Å². The molecule has 0 radical (unpaired) electrons. The fraction of sp³-hybridized carbons (Fsp3) is 0.364. The molecule has 3 amide bonds. The smallest absolute Gasteiger partial charge is 0.314 e. The topological polar surface area (TPSA) is 70.2 Å². The first-order valence-electron chi connectivity index (χ1n) is 9.22. The number of hydrogen-bond donors (Lipinski definition) is 3. The Labute approximate surface area is 161 Å². The minimum Gasteiger partial charge on any atom is -0.350 e. The van der Waals surface area contributed by atoms with E-state index in [1.165, 1.54) is 11.1 Å². The number of aryl methyl sites for hydroxylation is 2. The molecule has 144 valence electrons. The van der Waals surface area contributed by atoms with Crippen molar-refractivity contribution < 1.29 is 9.59 Å². The molecule has 5 heteroatoms. The van der Waals surface area contributed by atoms with Crippen LogP contribution in [0.5, 0.6) is 0 Å². The van der Waals surface area contributed by atoms with Gasteiger partial charge in [0.15, 0.2) is 0 Å². The molecule has 0 heterocycles. The van der Waals surface area contributed by atoms with Gasteiger partial charge in [-0.05, 0) is 31.5 Å². The Morgan fingerprint density at radius 2 is 1.52 bits per heavy atom. The lowest BCUT2D eigenvalue weighted by molar-refractivity contribution is 0.0954. The molecule has 2 aromatic rings. The van der Waals surface area contributed by atoms with Gasteiger partial charge >= 0.3 is 6.03 Å². The number of hydrogen-bond acceptors (Lipinski definition) is 2. The first kappa shape index (κ1) is 20.5. The van der Waals surface area contributed by atoms with E-state index in [1.807, 2.05) is 25.1 Å². The van der Waals surface area contributed by atoms with Gasteiger partial charge in [0.25, 0.3) is 5.91 Å². The predicted octanol–water partition coefficient (Wildman–Crippen LogP) is 3.31.